The van der Waals surface area contributed by atoms with Crippen LogP contribution in [0, 0.1) is 0 Å². The first kappa shape index (κ1) is 37.7. The van der Waals surface area contributed by atoms with Crippen LogP contribution in [-0.2, 0) is 0 Å². The Kier molecular flexibility index (Phi) is 20.8. The highest BCUT2D eigenvalue weighted by Gasteiger charge is 2.11. The quantitative estimate of drug-likeness (QED) is 0.298. The maximum atomic E-state index is 10.6. The molecule has 0 unspecified atom stereocenters. The third-order valence-corrected chi connectivity index (χ3v) is 9.03. The second kappa shape index (κ2) is 25.3. The zero-order valence-electron chi connectivity index (χ0n) is 28.8. The number of fused-ring (bicyclic) bond motifs is 4. The predicted octanol–water partition coefficient (Wildman–Crippen LogP) is 11.7. The molecule has 6 heteroatoms. The van der Waals surface area contributed by atoms with Crippen LogP contribution in [0.2, 0.25) is 0 Å². The standard InChI is InChI=1S/C40H64O6/c41-39-35-27-25-29-37(39)45-33-23-19-15-11-7-3-4-8-12-16-20-24-34-46-38-30-26-28-36(40(38)42)44-32-22-18-14-10-6-2-1-5-9-13-17-21-31-43-35/h25-30,41-42H,1-24,31-34H2. The second-order valence-electron chi connectivity index (χ2n) is 13.1. The largest absolute Gasteiger partial charge is 0.502 e. The van der Waals surface area contributed by atoms with Crippen molar-refractivity contribution in [2.45, 2.75) is 154 Å². The normalized spacial score (nSPS) is 19.5. The van der Waals surface area contributed by atoms with Gasteiger partial charge in [-0.2, -0.15) is 0 Å². The Labute approximate surface area is 280 Å². The topological polar surface area (TPSA) is 77.4 Å². The van der Waals surface area contributed by atoms with Crippen molar-refractivity contribution < 1.29 is 29.2 Å². The molecule has 0 fully saturated rings. The summed E-state index contributed by atoms with van der Waals surface area (Å²) in [5.74, 6) is 2.39. The first-order chi connectivity index (χ1) is 22.8. The third-order valence-electron chi connectivity index (χ3n) is 9.03. The number of rotatable bonds is 0. The van der Waals surface area contributed by atoms with Crippen molar-refractivity contribution >= 4 is 0 Å². The van der Waals surface area contributed by atoms with Crippen molar-refractivity contribution in [1.82, 2.24) is 0 Å². The summed E-state index contributed by atoms with van der Waals surface area (Å²) in [4.78, 5) is 0. The molecule has 0 saturated heterocycles. The number of aromatic hydroxyl groups is 2. The monoisotopic (exact) mass is 640 g/mol. The average molecular weight is 641 g/mol. The molecule has 0 atom stereocenters. The van der Waals surface area contributed by atoms with Gasteiger partial charge in [0.15, 0.2) is 23.0 Å². The molecule has 0 spiro atoms. The minimum absolute atomic E-state index is 0.133. The van der Waals surface area contributed by atoms with Gasteiger partial charge in [-0.25, -0.2) is 0 Å². The van der Waals surface area contributed by atoms with Crippen molar-refractivity contribution in [2.24, 2.45) is 0 Å². The zero-order chi connectivity index (χ0) is 32.3. The average Bonchev–Trinajstić information content (AvgIpc) is 3.06. The summed E-state index contributed by atoms with van der Waals surface area (Å²) >= 11 is 0. The SMILES string of the molecule is Oc1c2cccc1OCCCCCCCCCCCCCCOc1cccc(c1O)OCCCCCCCCCCCCCCO2. The molecule has 2 aromatic carbocycles. The summed E-state index contributed by atoms with van der Waals surface area (Å²) in [5, 5.41) is 21.2. The highest BCUT2D eigenvalue weighted by atomic mass is 16.5. The van der Waals surface area contributed by atoms with Crippen LogP contribution in [0.5, 0.6) is 34.5 Å². The third kappa shape index (κ3) is 16.7. The van der Waals surface area contributed by atoms with Crippen LogP contribution in [0.3, 0.4) is 0 Å². The molecular formula is C40H64O6. The molecule has 2 N–H and O–H groups in total. The summed E-state index contributed by atoms with van der Waals surface area (Å²) in [6, 6.07) is 11.1. The van der Waals surface area contributed by atoms with Crippen LogP contribution < -0.4 is 18.9 Å². The van der Waals surface area contributed by atoms with Gasteiger partial charge >= 0.3 is 0 Å². The maximum Gasteiger partial charge on any atom is 0.200 e. The smallest absolute Gasteiger partial charge is 0.200 e. The van der Waals surface area contributed by atoms with Crippen LogP contribution in [-0.4, -0.2) is 36.6 Å². The number of phenolic OH excluding ortho intramolecular Hbond substituents is 2. The Morgan fingerprint density at radius 3 is 0.652 bits per heavy atom. The number of phenols is 2. The molecule has 260 valence electrons. The van der Waals surface area contributed by atoms with Gasteiger partial charge in [0.25, 0.3) is 0 Å². The van der Waals surface area contributed by atoms with Crippen molar-refractivity contribution in [3.05, 3.63) is 36.4 Å². The molecule has 4 bridgehead atoms. The predicted molar refractivity (Wildman–Crippen MR) is 189 cm³/mol. The van der Waals surface area contributed by atoms with Gasteiger partial charge < -0.3 is 29.2 Å². The molecule has 46 heavy (non-hydrogen) atoms. The van der Waals surface area contributed by atoms with E-state index in [9.17, 15) is 10.2 Å². The number of para-hydroxylation sites is 2. The van der Waals surface area contributed by atoms with E-state index in [1.165, 1.54) is 103 Å². The fraction of sp³-hybridized carbons (Fsp3) is 0.700. The number of ether oxygens (including phenoxy) is 4. The summed E-state index contributed by atoms with van der Waals surface area (Å²) in [7, 11) is 0. The molecule has 2 aromatic rings. The lowest BCUT2D eigenvalue weighted by molar-refractivity contribution is 0.264. The number of hydrogen-bond donors (Lipinski definition) is 2. The van der Waals surface area contributed by atoms with Crippen molar-refractivity contribution in [3.8, 4) is 34.5 Å². The Hall–Kier alpha value is -2.76. The van der Waals surface area contributed by atoms with E-state index in [2.05, 4.69) is 0 Å². The number of hydrogen-bond acceptors (Lipinski definition) is 6. The fourth-order valence-electron chi connectivity index (χ4n) is 6.14. The fourth-order valence-corrected chi connectivity index (χ4v) is 6.14. The first-order valence-electron chi connectivity index (χ1n) is 18.9. The highest BCUT2D eigenvalue weighted by molar-refractivity contribution is 5.50. The Balaban J connectivity index is 1.33. The molecule has 0 aromatic heterocycles. The van der Waals surface area contributed by atoms with Gasteiger partial charge in [-0.1, -0.05) is 141 Å². The summed E-state index contributed by atoms with van der Waals surface area (Å²) < 4.78 is 23.5. The molecular weight excluding hydrogens is 576 g/mol. The van der Waals surface area contributed by atoms with E-state index in [0.717, 1.165) is 51.4 Å². The second-order valence-corrected chi connectivity index (χ2v) is 13.1. The molecule has 0 aliphatic carbocycles. The minimum Gasteiger partial charge on any atom is -0.502 e. The molecule has 1 aliphatic heterocycles. The minimum atomic E-state index is 0.133. The Morgan fingerprint density at radius 1 is 0.283 bits per heavy atom. The van der Waals surface area contributed by atoms with E-state index in [1.54, 1.807) is 0 Å². The zero-order valence-corrected chi connectivity index (χ0v) is 28.8. The van der Waals surface area contributed by atoms with Crippen molar-refractivity contribution in [2.75, 3.05) is 26.4 Å². The molecule has 0 saturated carbocycles. The lowest BCUT2D eigenvalue weighted by atomic mass is 10.1. The van der Waals surface area contributed by atoms with Gasteiger partial charge in [-0.15, -0.1) is 0 Å². The lowest BCUT2D eigenvalue weighted by Crippen LogP contribution is -2.01. The van der Waals surface area contributed by atoms with Crippen molar-refractivity contribution in [1.29, 1.82) is 0 Å². The highest BCUT2D eigenvalue weighted by Crippen LogP contribution is 2.37. The van der Waals surface area contributed by atoms with E-state index in [0.29, 0.717) is 49.4 Å². The molecule has 6 nitrogen and oxygen atoms in total. The maximum absolute atomic E-state index is 10.6. The Bertz CT molecular complexity index is 871. The molecule has 1 aliphatic rings. The van der Waals surface area contributed by atoms with E-state index in [1.807, 2.05) is 36.4 Å². The van der Waals surface area contributed by atoms with Gasteiger partial charge in [0.1, 0.15) is 0 Å². The van der Waals surface area contributed by atoms with Gasteiger partial charge in [0, 0.05) is 0 Å². The van der Waals surface area contributed by atoms with E-state index in [4.69, 9.17) is 18.9 Å². The van der Waals surface area contributed by atoms with E-state index in [-0.39, 0.29) is 11.5 Å². The van der Waals surface area contributed by atoms with E-state index < -0.39 is 0 Å². The first-order valence-corrected chi connectivity index (χ1v) is 18.9. The summed E-state index contributed by atoms with van der Waals surface area (Å²) in [5.41, 5.74) is 0. The molecule has 3 rings (SSSR count). The lowest BCUT2D eigenvalue weighted by Gasteiger charge is -2.12. The van der Waals surface area contributed by atoms with Gasteiger partial charge in [0.2, 0.25) is 11.5 Å². The van der Waals surface area contributed by atoms with Crippen LogP contribution in [0.1, 0.15) is 154 Å². The molecule has 0 radical (unpaired) electrons. The van der Waals surface area contributed by atoms with Gasteiger partial charge in [0.05, 0.1) is 26.4 Å². The van der Waals surface area contributed by atoms with Crippen LogP contribution in [0.4, 0.5) is 0 Å². The summed E-state index contributed by atoms with van der Waals surface area (Å²) in [6.45, 7) is 2.52. The Morgan fingerprint density at radius 2 is 0.457 bits per heavy atom. The summed E-state index contributed by atoms with van der Waals surface area (Å²) in [6.07, 6.45) is 29.3. The van der Waals surface area contributed by atoms with Gasteiger partial charge in [-0.05, 0) is 49.9 Å². The molecule has 1 heterocycles. The molecule has 0 amide bonds. The van der Waals surface area contributed by atoms with Crippen LogP contribution in [0.25, 0.3) is 0 Å². The number of benzene rings is 2. The van der Waals surface area contributed by atoms with E-state index >= 15 is 0 Å². The van der Waals surface area contributed by atoms with Crippen LogP contribution in [0.15, 0.2) is 36.4 Å². The van der Waals surface area contributed by atoms with Gasteiger partial charge in [-0.3, -0.25) is 0 Å². The van der Waals surface area contributed by atoms with Crippen molar-refractivity contribution in [3.63, 3.8) is 0 Å². The van der Waals surface area contributed by atoms with Crippen LogP contribution >= 0.6 is 0 Å².